The Morgan fingerprint density at radius 1 is 1.09 bits per heavy atom. The molecule has 5 rings (SSSR count). The third-order valence-electron chi connectivity index (χ3n) is 5.49. The Kier molecular flexibility index (Phi) is 5.61. The topological polar surface area (TPSA) is 89.6 Å². The summed E-state index contributed by atoms with van der Waals surface area (Å²) in [5, 5.41) is 7.25. The molecule has 1 aromatic carbocycles. The molecule has 10 heteroatoms. The molecule has 1 aliphatic rings. The van der Waals surface area contributed by atoms with E-state index < -0.39 is 0 Å². The first-order valence-corrected chi connectivity index (χ1v) is 10.4. The zero-order valence-electron chi connectivity index (χ0n) is 17.3. The number of hydrogen-bond acceptors (Lipinski definition) is 6. The maximum absolute atomic E-state index is 13.5. The summed E-state index contributed by atoms with van der Waals surface area (Å²) in [6, 6.07) is 10.0. The van der Waals surface area contributed by atoms with Crippen LogP contribution in [-0.2, 0) is 16.1 Å². The van der Waals surface area contributed by atoms with Gasteiger partial charge in [-0.15, -0.1) is 0 Å². The smallest absolute Gasteiger partial charge is 0.212 e. The number of rotatable bonds is 7. The average Bonchev–Trinajstić information content (AvgIpc) is 3.42. The zero-order chi connectivity index (χ0) is 21.9. The van der Waals surface area contributed by atoms with Crippen molar-refractivity contribution in [1.82, 2.24) is 29.0 Å². The molecule has 9 nitrogen and oxygen atoms in total. The lowest BCUT2D eigenvalue weighted by Crippen LogP contribution is -2.38. The van der Waals surface area contributed by atoms with Crippen LogP contribution in [0.2, 0.25) is 0 Å². The maximum Gasteiger partial charge on any atom is 0.212 e. The Bertz CT molecular complexity index is 1230. The molecule has 0 atom stereocenters. The van der Waals surface area contributed by atoms with Gasteiger partial charge in [-0.3, -0.25) is 9.69 Å². The number of amides is 1. The van der Waals surface area contributed by atoms with E-state index in [0.29, 0.717) is 23.6 Å². The van der Waals surface area contributed by atoms with Gasteiger partial charge in [0.15, 0.2) is 11.5 Å². The number of imidazole rings is 2. The highest BCUT2D eigenvalue weighted by Gasteiger charge is 2.19. The molecule has 0 spiro atoms. The highest BCUT2D eigenvalue weighted by atomic mass is 19.1. The molecule has 164 valence electrons. The predicted octanol–water partition coefficient (Wildman–Crippen LogP) is 2.30. The van der Waals surface area contributed by atoms with Crippen molar-refractivity contribution in [3.63, 3.8) is 0 Å². The lowest BCUT2D eigenvalue weighted by molar-refractivity contribution is -0.105. The van der Waals surface area contributed by atoms with Crippen molar-refractivity contribution in [2.24, 2.45) is 0 Å². The fourth-order valence-corrected chi connectivity index (χ4v) is 3.85. The number of anilines is 1. The Labute approximate surface area is 183 Å². The summed E-state index contributed by atoms with van der Waals surface area (Å²) >= 11 is 0. The molecule has 1 amide bonds. The van der Waals surface area contributed by atoms with Crippen LogP contribution in [-0.4, -0.2) is 68.3 Å². The third-order valence-corrected chi connectivity index (χ3v) is 5.49. The lowest BCUT2D eigenvalue weighted by Gasteiger charge is -2.26. The molecule has 0 aliphatic carbocycles. The SMILES string of the molecule is O=CNc1cn2nc(-c3c(-c4ccc(F)cc4)ncn3CCN3CCOCC3)ccc2n1. The number of ether oxygens (including phenoxy) is 1. The maximum atomic E-state index is 13.5. The summed E-state index contributed by atoms with van der Waals surface area (Å²) in [4.78, 5) is 22.1. The Morgan fingerprint density at radius 3 is 2.69 bits per heavy atom. The van der Waals surface area contributed by atoms with E-state index in [1.54, 1.807) is 29.2 Å². The fourth-order valence-electron chi connectivity index (χ4n) is 3.85. The third kappa shape index (κ3) is 4.10. The Hall–Kier alpha value is -3.63. The Morgan fingerprint density at radius 2 is 1.91 bits per heavy atom. The van der Waals surface area contributed by atoms with Crippen LogP contribution in [0.15, 0.2) is 48.9 Å². The van der Waals surface area contributed by atoms with Gasteiger partial charge in [0.05, 0.1) is 37.1 Å². The van der Waals surface area contributed by atoms with Crippen molar-refractivity contribution in [3.05, 3.63) is 54.7 Å². The van der Waals surface area contributed by atoms with E-state index >= 15 is 0 Å². The first-order chi connectivity index (χ1) is 15.7. The van der Waals surface area contributed by atoms with Crippen molar-refractivity contribution in [1.29, 1.82) is 0 Å². The average molecular weight is 435 g/mol. The summed E-state index contributed by atoms with van der Waals surface area (Å²) in [5.41, 5.74) is 3.69. The van der Waals surface area contributed by atoms with Gasteiger partial charge >= 0.3 is 0 Å². The summed E-state index contributed by atoms with van der Waals surface area (Å²) in [6.45, 7) is 4.88. The van der Waals surface area contributed by atoms with E-state index in [9.17, 15) is 9.18 Å². The first kappa shape index (κ1) is 20.3. The molecule has 4 aromatic rings. The van der Waals surface area contributed by atoms with Crippen LogP contribution < -0.4 is 5.32 Å². The minimum atomic E-state index is -0.296. The minimum Gasteiger partial charge on any atom is -0.379 e. The minimum absolute atomic E-state index is 0.296. The summed E-state index contributed by atoms with van der Waals surface area (Å²) < 4.78 is 22.6. The van der Waals surface area contributed by atoms with Gasteiger partial charge < -0.3 is 14.6 Å². The van der Waals surface area contributed by atoms with Gasteiger partial charge in [-0.25, -0.2) is 18.9 Å². The second-order valence-electron chi connectivity index (χ2n) is 7.51. The summed E-state index contributed by atoms with van der Waals surface area (Å²) in [7, 11) is 0. The molecule has 0 unspecified atom stereocenters. The van der Waals surface area contributed by atoms with E-state index in [1.807, 2.05) is 12.1 Å². The molecule has 1 saturated heterocycles. The van der Waals surface area contributed by atoms with Crippen molar-refractivity contribution in [2.45, 2.75) is 6.54 Å². The second-order valence-corrected chi connectivity index (χ2v) is 7.51. The predicted molar refractivity (Wildman–Crippen MR) is 117 cm³/mol. The number of aromatic nitrogens is 5. The number of nitrogens with zero attached hydrogens (tertiary/aromatic N) is 6. The van der Waals surface area contributed by atoms with Gasteiger partial charge in [0.2, 0.25) is 6.41 Å². The van der Waals surface area contributed by atoms with Crippen LogP contribution in [0.1, 0.15) is 0 Å². The number of halogens is 1. The fraction of sp³-hybridized carbons (Fsp3) is 0.273. The van der Waals surface area contributed by atoms with Gasteiger partial charge in [0, 0.05) is 31.7 Å². The van der Waals surface area contributed by atoms with E-state index in [2.05, 4.69) is 24.8 Å². The van der Waals surface area contributed by atoms with Crippen LogP contribution in [0, 0.1) is 5.82 Å². The monoisotopic (exact) mass is 435 g/mol. The van der Waals surface area contributed by atoms with Gasteiger partial charge in [0.25, 0.3) is 0 Å². The van der Waals surface area contributed by atoms with Gasteiger partial charge in [-0.05, 0) is 36.4 Å². The molecule has 0 bridgehead atoms. The van der Waals surface area contributed by atoms with Crippen LogP contribution in [0.5, 0.6) is 0 Å². The van der Waals surface area contributed by atoms with E-state index in [-0.39, 0.29) is 5.82 Å². The highest BCUT2D eigenvalue weighted by Crippen LogP contribution is 2.30. The summed E-state index contributed by atoms with van der Waals surface area (Å²) in [5.74, 6) is 0.124. The number of carbonyl (C=O) groups is 1. The quantitative estimate of drug-likeness (QED) is 0.448. The van der Waals surface area contributed by atoms with Crippen LogP contribution in [0.25, 0.3) is 28.3 Å². The summed E-state index contributed by atoms with van der Waals surface area (Å²) in [6.07, 6.45) is 4.03. The van der Waals surface area contributed by atoms with Gasteiger partial charge in [0.1, 0.15) is 11.5 Å². The number of morpholine rings is 1. The van der Waals surface area contributed by atoms with E-state index in [4.69, 9.17) is 9.84 Å². The molecule has 32 heavy (non-hydrogen) atoms. The molecule has 3 aromatic heterocycles. The number of hydrogen-bond donors (Lipinski definition) is 1. The normalized spacial score (nSPS) is 14.7. The lowest BCUT2D eigenvalue weighted by atomic mass is 10.1. The number of nitrogens with one attached hydrogen (secondary N) is 1. The van der Waals surface area contributed by atoms with Gasteiger partial charge in [-0.1, -0.05) is 0 Å². The van der Waals surface area contributed by atoms with Crippen LogP contribution in [0.3, 0.4) is 0 Å². The zero-order valence-corrected chi connectivity index (χ0v) is 17.3. The standard InChI is InChI=1S/C22H22FN7O2/c23-17-3-1-16(2-4-17)21-22(29(14-24-21)8-7-28-9-11-32-12-10-28)18-5-6-20-26-19(25-15-31)13-30(20)27-18/h1-6,13-15H,7-12H2,(H,25,31). The van der Waals surface area contributed by atoms with Gasteiger partial charge in [-0.2, -0.15) is 5.10 Å². The largest absolute Gasteiger partial charge is 0.379 e. The number of fused-ring (bicyclic) bond motifs is 1. The first-order valence-electron chi connectivity index (χ1n) is 10.4. The molecular weight excluding hydrogens is 413 g/mol. The molecule has 1 fully saturated rings. The molecule has 4 heterocycles. The molecule has 0 saturated carbocycles. The van der Waals surface area contributed by atoms with Crippen LogP contribution >= 0.6 is 0 Å². The molecule has 1 aliphatic heterocycles. The van der Waals surface area contributed by atoms with Crippen molar-refractivity contribution in [3.8, 4) is 22.6 Å². The highest BCUT2D eigenvalue weighted by molar-refractivity contribution is 5.77. The van der Waals surface area contributed by atoms with E-state index in [1.165, 1.54) is 12.1 Å². The van der Waals surface area contributed by atoms with Crippen molar-refractivity contribution >= 4 is 17.9 Å². The molecular formula is C22H22FN7O2. The van der Waals surface area contributed by atoms with Crippen molar-refractivity contribution < 1.29 is 13.9 Å². The molecule has 1 N–H and O–H groups in total. The van der Waals surface area contributed by atoms with Crippen molar-refractivity contribution in [2.75, 3.05) is 38.2 Å². The Balaban J connectivity index is 1.54. The van der Waals surface area contributed by atoms with E-state index in [0.717, 1.165) is 56.3 Å². The number of benzene rings is 1. The van der Waals surface area contributed by atoms with Crippen LogP contribution in [0.4, 0.5) is 10.2 Å². The number of carbonyl (C=O) groups excluding carboxylic acids is 1. The molecule has 0 radical (unpaired) electrons. The second kappa shape index (κ2) is 8.85.